The Labute approximate surface area is 199 Å². The van der Waals surface area contributed by atoms with Crippen molar-refractivity contribution in [2.75, 3.05) is 0 Å². The molecule has 0 heterocycles. The molecule has 186 valence electrons. The molecule has 2 heteroatoms. The van der Waals surface area contributed by atoms with Crippen LogP contribution in [0.25, 0.3) is 0 Å². The molecule has 0 amide bonds. The highest BCUT2D eigenvalue weighted by Gasteiger charge is 2.51. The molecule has 8 atom stereocenters. The molecule has 0 radical (unpaired) electrons. The van der Waals surface area contributed by atoms with Crippen molar-refractivity contribution in [1.29, 1.82) is 0 Å². The van der Waals surface area contributed by atoms with E-state index in [-0.39, 0.29) is 12.2 Å². The van der Waals surface area contributed by atoms with Crippen LogP contribution in [0.4, 0.5) is 0 Å². The van der Waals surface area contributed by atoms with Crippen LogP contribution < -0.4 is 0 Å². The van der Waals surface area contributed by atoms with E-state index in [1.54, 1.807) is 0 Å². The average Bonchev–Trinajstić information content (AvgIpc) is 2.77. The second kappa shape index (κ2) is 9.88. The van der Waals surface area contributed by atoms with Crippen molar-refractivity contribution in [2.45, 2.75) is 137 Å². The van der Waals surface area contributed by atoms with Gasteiger partial charge in [-0.1, -0.05) is 73.1 Å². The number of rotatable bonds is 4. The molecule has 32 heavy (non-hydrogen) atoms. The molecule has 4 aliphatic carbocycles. The third-order valence-corrected chi connectivity index (χ3v) is 11.5. The topological polar surface area (TPSA) is 40.5 Å². The molecular weight excluding hydrogens is 392 g/mol. The summed E-state index contributed by atoms with van der Waals surface area (Å²) in [5.74, 6) is 3.40. The Morgan fingerprint density at radius 3 is 1.28 bits per heavy atom. The first-order chi connectivity index (χ1) is 15.1. The molecule has 8 unspecified atom stereocenters. The van der Waals surface area contributed by atoms with E-state index < -0.39 is 0 Å². The van der Waals surface area contributed by atoms with Crippen LogP contribution in [0.5, 0.6) is 0 Å². The highest BCUT2D eigenvalue weighted by molar-refractivity contribution is 5.01. The summed E-state index contributed by atoms with van der Waals surface area (Å²) >= 11 is 0. The standard InChI is InChI=1S/C30H54O2/c1-20-16-23(27(31)25(18-20)29(4)12-8-6-9-13-29)22(3)24-17-21(2)19-26(28(24)32)30(5)14-10-7-11-15-30/h20-28,31-32H,6-19H2,1-5H3. The van der Waals surface area contributed by atoms with Gasteiger partial charge in [0.15, 0.2) is 0 Å². The van der Waals surface area contributed by atoms with Crippen LogP contribution in [-0.4, -0.2) is 22.4 Å². The second-order valence-electron chi connectivity index (χ2n) is 14.0. The molecule has 2 nitrogen and oxygen atoms in total. The van der Waals surface area contributed by atoms with Crippen molar-refractivity contribution in [3.05, 3.63) is 0 Å². The summed E-state index contributed by atoms with van der Waals surface area (Å²) in [4.78, 5) is 0. The minimum atomic E-state index is -0.183. The van der Waals surface area contributed by atoms with Gasteiger partial charge in [0.1, 0.15) is 0 Å². The van der Waals surface area contributed by atoms with Gasteiger partial charge in [0.05, 0.1) is 12.2 Å². The number of aliphatic hydroxyl groups is 2. The van der Waals surface area contributed by atoms with E-state index in [1.807, 2.05) is 0 Å². The number of aliphatic hydroxyl groups excluding tert-OH is 2. The first-order valence-electron chi connectivity index (χ1n) is 14.5. The van der Waals surface area contributed by atoms with E-state index in [2.05, 4.69) is 34.6 Å². The fourth-order valence-electron chi connectivity index (χ4n) is 9.37. The zero-order chi connectivity index (χ0) is 23.1. The van der Waals surface area contributed by atoms with Crippen LogP contribution >= 0.6 is 0 Å². The maximum atomic E-state index is 11.8. The first-order valence-corrected chi connectivity index (χ1v) is 14.5. The number of hydrogen-bond donors (Lipinski definition) is 2. The van der Waals surface area contributed by atoms with Gasteiger partial charge in [0.2, 0.25) is 0 Å². The predicted molar refractivity (Wildman–Crippen MR) is 134 cm³/mol. The smallest absolute Gasteiger partial charge is 0.0604 e. The van der Waals surface area contributed by atoms with E-state index in [0.29, 0.717) is 52.3 Å². The van der Waals surface area contributed by atoms with Crippen molar-refractivity contribution < 1.29 is 10.2 Å². The average molecular weight is 447 g/mol. The molecule has 2 N–H and O–H groups in total. The molecule has 0 aromatic heterocycles. The molecule has 4 rings (SSSR count). The summed E-state index contributed by atoms with van der Waals surface area (Å²) in [5, 5.41) is 23.6. The van der Waals surface area contributed by atoms with Gasteiger partial charge in [-0.25, -0.2) is 0 Å². The SMILES string of the molecule is CC1CC(C(C)C2CC(C)CC(C3(C)CCCCC3)C2O)C(O)C(C2(C)CCCCC2)C1. The van der Waals surface area contributed by atoms with Gasteiger partial charge < -0.3 is 10.2 Å². The molecule has 4 aliphatic rings. The third-order valence-electron chi connectivity index (χ3n) is 11.5. The summed E-state index contributed by atoms with van der Waals surface area (Å²) in [6, 6.07) is 0. The van der Waals surface area contributed by atoms with Crippen LogP contribution in [0, 0.1) is 52.3 Å². The van der Waals surface area contributed by atoms with Gasteiger partial charge in [0, 0.05) is 0 Å². The third kappa shape index (κ3) is 4.84. The van der Waals surface area contributed by atoms with Crippen molar-refractivity contribution in [1.82, 2.24) is 0 Å². The maximum Gasteiger partial charge on any atom is 0.0604 e. The van der Waals surface area contributed by atoms with Crippen LogP contribution in [0.2, 0.25) is 0 Å². The van der Waals surface area contributed by atoms with Gasteiger partial charge in [-0.15, -0.1) is 0 Å². The molecule has 0 spiro atoms. The van der Waals surface area contributed by atoms with Crippen molar-refractivity contribution in [3.63, 3.8) is 0 Å². The molecule has 4 fully saturated rings. The van der Waals surface area contributed by atoms with Gasteiger partial charge in [-0.05, 0) is 104 Å². The Kier molecular flexibility index (Phi) is 7.73. The van der Waals surface area contributed by atoms with Crippen LogP contribution in [-0.2, 0) is 0 Å². The predicted octanol–water partition coefficient (Wildman–Crippen LogP) is 7.61. The lowest BCUT2D eigenvalue weighted by Gasteiger charge is -2.54. The second-order valence-corrected chi connectivity index (χ2v) is 14.0. The molecular formula is C30H54O2. The quantitative estimate of drug-likeness (QED) is 0.466. The van der Waals surface area contributed by atoms with Gasteiger partial charge in [-0.2, -0.15) is 0 Å². The Balaban J connectivity index is 1.53. The molecule has 0 aliphatic heterocycles. The minimum Gasteiger partial charge on any atom is -0.393 e. The highest BCUT2D eigenvalue weighted by atomic mass is 16.3. The van der Waals surface area contributed by atoms with Crippen LogP contribution in [0.3, 0.4) is 0 Å². The fourth-order valence-corrected chi connectivity index (χ4v) is 9.37. The molecule has 0 bridgehead atoms. The largest absolute Gasteiger partial charge is 0.393 e. The van der Waals surface area contributed by atoms with Crippen molar-refractivity contribution in [3.8, 4) is 0 Å². The lowest BCUT2D eigenvalue weighted by Crippen LogP contribution is -2.52. The van der Waals surface area contributed by atoms with E-state index in [0.717, 1.165) is 12.8 Å². The maximum absolute atomic E-state index is 11.8. The molecule has 4 saturated carbocycles. The van der Waals surface area contributed by atoms with Gasteiger partial charge in [-0.3, -0.25) is 0 Å². The summed E-state index contributed by atoms with van der Waals surface area (Å²) in [6.45, 7) is 12.2. The van der Waals surface area contributed by atoms with E-state index >= 15 is 0 Å². The Morgan fingerprint density at radius 2 is 0.938 bits per heavy atom. The summed E-state index contributed by atoms with van der Waals surface area (Å²) in [7, 11) is 0. The van der Waals surface area contributed by atoms with E-state index in [4.69, 9.17) is 0 Å². The van der Waals surface area contributed by atoms with Crippen molar-refractivity contribution in [2.24, 2.45) is 52.3 Å². The fraction of sp³-hybridized carbons (Fsp3) is 1.00. The molecule has 0 aromatic carbocycles. The Morgan fingerprint density at radius 1 is 0.594 bits per heavy atom. The lowest BCUT2D eigenvalue weighted by molar-refractivity contribution is -0.125. The lowest BCUT2D eigenvalue weighted by atomic mass is 9.53. The van der Waals surface area contributed by atoms with Crippen LogP contribution in [0.15, 0.2) is 0 Å². The Bertz CT molecular complexity index is 550. The Hall–Kier alpha value is -0.0800. The zero-order valence-corrected chi connectivity index (χ0v) is 22.0. The summed E-state index contributed by atoms with van der Waals surface area (Å²) in [5.41, 5.74) is 0.641. The van der Waals surface area contributed by atoms with Gasteiger partial charge in [0.25, 0.3) is 0 Å². The monoisotopic (exact) mass is 446 g/mol. The summed E-state index contributed by atoms with van der Waals surface area (Å²) in [6.07, 6.45) is 17.6. The van der Waals surface area contributed by atoms with Gasteiger partial charge >= 0.3 is 0 Å². The van der Waals surface area contributed by atoms with E-state index in [1.165, 1.54) is 77.0 Å². The van der Waals surface area contributed by atoms with Crippen LogP contribution in [0.1, 0.15) is 125 Å². The number of hydrogen-bond acceptors (Lipinski definition) is 2. The molecule has 0 aromatic rings. The summed E-state index contributed by atoms with van der Waals surface area (Å²) < 4.78 is 0. The van der Waals surface area contributed by atoms with Crippen molar-refractivity contribution >= 4 is 0 Å². The zero-order valence-electron chi connectivity index (χ0n) is 22.0. The first kappa shape index (κ1) is 25.0. The van der Waals surface area contributed by atoms with E-state index in [9.17, 15) is 10.2 Å². The highest BCUT2D eigenvalue weighted by Crippen LogP contribution is 2.55. The normalized spacial score (nSPS) is 45.8. The molecule has 0 saturated heterocycles. The minimum absolute atomic E-state index is 0.183.